The topological polar surface area (TPSA) is 272 Å². The van der Waals surface area contributed by atoms with E-state index in [1.807, 2.05) is 6.08 Å². The molecular weight excluding hydrogens is 566 g/mol. The van der Waals surface area contributed by atoms with Gasteiger partial charge in [-0.3, -0.25) is 4.79 Å². The summed E-state index contributed by atoms with van der Waals surface area (Å²) in [6.45, 7) is 2.59. The molecule has 0 aromatic heterocycles. The van der Waals surface area contributed by atoms with Gasteiger partial charge in [0.15, 0.2) is 11.9 Å². The average Bonchev–Trinajstić information content (AvgIpc) is 3.41. The Hall–Kier alpha value is -1.51. The molecule has 13 atom stereocenters. The minimum atomic E-state index is -1.63. The number of β-amino-alcohol motifs (C(OH)–C–C–N with tert-alkyl or cyclic N) is 1. The van der Waals surface area contributed by atoms with Gasteiger partial charge in [0.1, 0.15) is 29.7 Å². The predicted octanol–water partition coefficient (Wildman–Crippen LogP) is -5.75. The molecule has 3 fully saturated rings. The molecule has 0 aromatic rings. The second-order valence-corrected chi connectivity index (χ2v) is 12.6. The van der Waals surface area contributed by atoms with E-state index in [1.54, 1.807) is 7.05 Å². The summed E-state index contributed by atoms with van der Waals surface area (Å²) in [7, 11) is 1.59. The lowest BCUT2D eigenvalue weighted by Crippen LogP contribution is -2.70. The molecule has 16 nitrogen and oxygen atoms in total. The quantitative estimate of drug-likeness (QED) is 0.103. The van der Waals surface area contributed by atoms with Crippen LogP contribution in [0.5, 0.6) is 0 Å². The minimum Gasteiger partial charge on any atom is -0.492 e. The van der Waals surface area contributed by atoms with Gasteiger partial charge in [0, 0.05) is 37.6 Å². The van der Waals surface area contributed by atoms with Crippen LogP contribution >= 0.6 is 0 Å². The minimum absolute atomic E-state index is 0.0773. The summed E-state index contributed by atoms with van der Waals surface area (Å²) in [5, 5.41) is 65.9. The smallest absolute Gasteiger partial charge is 0.253 e. The zero-order valence-corrected chi connectivity index (χ0v) is 24.9. The molecule has 16 heteroatoms. The lowest BCUT2D eigenvalue weighted by molar-refractivity contribution is -0.297. The predicted molar refractivity (Wildman–Crippen MR) is 154 cm³/mol. The number of carbonyl (C=O) groups is 1. The number of hydrogen-bond acceptors (Lipinski definition) is 15. The van der Waals surface area contributed by atoms with Crippen LogP contribution in [0.15, 0.2) is 11.8 Å². The third-order valence-electron chi connectivity index (χ3n) is 9.11. The molecule has 0 spiro atoms. The van der Waals surface area contributed by atoms with Gasteiger partial charge in [-0.2, -0.15) is 0 Å². The highest BCUT2D eigenvalue weighted by atomic mass is 16.7. The number of likely N-dealkylation sites (N-methyl/N-ethyl adjacent to an activating group) is 1. The van der Waals surface area contributed by atoms with E-state index in [-0.39, 0.29) is 39.1 Å². The van der Waals surface area contributed by atoms with Crippen LogP contribution in [0.25, 0.3) is 0 Å². The second-order valence-electron chi connectivity index (χ2n) is 12.6. The van der Waals surface area contributed by atoms with E-state index in [0.29, 0.717) is 25.3 Å². The Balaban J connectivity index is 1.55. The van der Waals surface area contributed by atoms with Crippen LogP contribution in [-0.2, 0) is 19.0 Å². The van der Waals surface area contributed by atoms with Gasteiger partial charge >= 0.3 is 0 Å². The summed E-state index contributed by atoms with van der Waals surface area (Å²) < 4.78 is 18.2. The molecule has 0 radical (unpaired) electrons. The fourth-order valence-electron chi connectivity index (χ4n) is 6.58. The van der Waals surface area contributed by atoms with Crippen molar-refractivity contribution in [3.63, 3.8) is 0 Å². The Morgan fingerprint density at radius 3 is 2.65 bits per heavy atom. The van der Waals surface area contributed by atoms with Gasteiger partial charge in [0.25, 0.3) is 5.91 Å². The maximum atomic E-state index is 13.2. The van der Waals surface area contributed by atoms with Crippen LogP contribution in [0.3, 0.4) is 0 Å². The van der Waals surface area contributed by atoms with Gasteiger partial charge in [0.2, 0.25) is 0 Å². The van der Waals surface area contributed by atoms with Crippen molar-refractivity contribution in [2.75, 3.05) is 46.4 Å². The van der Waals surface area contributed by atoms with Crippen molar-refractivity contribution in [3.05, 3.63) is 11.8 Å². The third kappa shape index (κ3) is 7.66. The van der Waals surface area contributed by atoms with Crippen LogP contribution < -0.4 is 38.5 Å². The number of nitrogens with two attached hydrogens (primary N) is 3. The van der Waals surface area contributed by atoms with Gasteiger partial charge in [-0.1, -0.05) is 0 Å². The van der Waals surface area contributed by atoms with Gasteiger partial charge in [0.05, 0.1) is 37.4 Å². The molecule has 4 rings (SSSR count). The normalized spacial score (nSPS) is 44.4. The van der Waals surface area contributed by atoms with Crippen molar-refractivity contribution < 1.29 is 44.5 Å². The molecule has 4 aliphatic rings. The van der Waals surface area contributed by atoms with E-state index in [0.717, 1.165) is 0 Å². The van der Waals surface area contributed by atoms with Crippen LogP contribution in [0.4, 0.5) is 0 Å². The van der Waals surface area contributed by atoms with Crippen molar-refractivity contribution in [2.45, 2.75) is 98.4 Å². The number of aliphatic hydroxyl groups excluding tert-OH is 3. The highest BCUT2D eigenvalue weighted by Crippen LogP contribution is 2.37. The first kappa shape index (κ1) is 34.4. The molecule has 248 valence electrons. The average molecular weight is 618 g/mol. The van der Waals surface area contributed by atoms with E-state index in [1.165, 1.54) is 6.92 Å². The highest BCUT2D eigenvalue weighted by Gasteiger charge is 2.54. The highest BCUT2D eigenvalue weighted by molar-refractivity contribution is 5.86. The maximum absolute atomic E-state index is 13.2. The SMILES string of the molecule is CN[C@@H]1[C@@H](O)[C@@H](O[C@H]2[C@H](NC(=O)C3(O)CCNC3)C[C@H](N)C([C@H]3OC(CNCC(O)CN)=CC[C@H]3N)[C@@H]2O)OC[C@]1(C)O. The molecule has 1 saturated carbocycles. The first-order valence-electron chi connectivity index (χ1n) is 15.0. The molecule has 3 heterocycles. The first-order valence-corrected chi connectivity index (χ1v) is 15.0. The van der Waals surface area contributed by atoms with E-state index >= 15 is 0 Å². The summed E-state index contributed by atoms with van der Waals surface area (Å²) in [6.07, 6.45) is -3.85. The number of nitrogens with one attached hydrogen (secondary N) is 4. The molecule has 15 N–H and O–H groups in total. The molecule has 1 amide bonds. The molecule has 0 aromatic carbocycles. The summed E-state index contributed by atoms with van der Waals surface area (Å²) in [6, 6.07) is -2.88. The third-order valence-corrected chi connectivity index (χ3v) is 9.11. The fraction of sp³-hybridized carbons (Fsp3) is 0.889. The molecule has 3 unspecified atom stereocenters. The van der Waals surface area contributed by atoms with Crippen LogP contribution in [0, 0.1) is 5.92 Å². The van der Waals surface area contributed by atoms with E-state index < -0.39 is 84.0 Å². The largest absolute Gasteiger partial charge is 0.492 e. The Labute approximate surface area is 251 Å². The van der Waals surface area contributed by atoms with Crippen LogP contribution in [0.1, 0.15) is 26.2 Å². The number of ether oxygens (including phenoxy) is 3. The van der Waals surface area contributed by atoms with Crippen LogP contribution in [-0.4, -0.2) is 150 Å². The van der Waals surface area contributed by atoms with Crippen molar-refractivity contribution in [3.8, 4) is 0 Å². The number of rotatable bonds is 11. The molecule has 0 bridgehead atoms. The second kappa shape index (κ2) is 14.3. The van der Waals surface area contributed by atoms with Gasteiger partial charge < -0.3 is 78.2 Å². The summed E-state index contributed by atoms with van der Waals surface area (Å²) in [4.78, 5) is 13.2. The lowest BCUT2D eigenvalue weighted by Gasteiger charge is -2.50. The molecule has 1 aliphatic carbocycles. The Morgan fingerprint density at radius 2 is 2.00 bits per heavy atom. The molecule has 2 saturated heterocycles. The van der Waals surface area contributed by atoms with Gasteiger partial charge in [-0.25, -0.2) is 0 Å². The standard InChI is InChI=1S/C27H51N7O9/c1-26(39)12-41-24(20(37)23(26)31-2)43-22-17(34-25(38)27(40)5-6-32-11-27)7-16(30)18(19(22)36)21-15(29)4-3-14(42-21)10-33-9-13(35)8-28/h3,13,15-24,31-33,35-37,39-40H,4-12,28-30H2,1-2H3,(H,34,38)/t13?,15-,16+,17-,18?,19+,20-,21+,22+,23-,24-,26+,27?/m1/s1. The Bertz CT molecular complexity index is 969. The van der Waals surface area contributed by atoms with E-state index in [4.69, 9.17) is 31.4 Å². The van der Waals surface area contributed by atoms with E-state index in [9.17, 15) is 30.3 Å². The van der Waals surface area contributed by atoms with Gasteiger partial charge in [-0.15, -0.1) is 0 Å². The summed E-state index contributed by atoms with van der Waals surface area (Å²) >= 11 is 0. The monoisotopic (exact) mass is 617 g/mol. The van der Waals surface area contributed by atoms with Gasteiger partial charge in [-0.05, 0) is 45.9 Å². The van der Waals surface area contributed by atoms with Crippen molar-refractivity contribution in [2.24, 2.45) is 23.1 Å². The Kier molecular flexibility index (Phi) is 11.4. The summed E-state index contributed by atoms with van der Waals surface area (Å²) in [5.41, 5.74) is 15.5. The maximum Gasteiger partial charge on any atom is 0.253 e. The molecule has 3 aliphatic heterocycles. The zero-order chi connectivity index (χ0) is 31.5. The molecular formula is C27H51N7O9. The Morgan fingerprint density at radius 1 is 1.26 bits per heavy atom. The number of hydrogen-bond donors (Lipinski definition) is 12. The number of amides is 1. The first-order chi connectivity index (χ1) is 20.3. The van der Waals surface area contributed by atoms with Crippen molar-refractivity contribution in [1.29, 1.82) is 0 Å². The van der Waals surface area contributed by atoms with E-state index in [2.05, 4.69) is 21.3 Å². The van der Waals surface area contributed by atoms with Crippen LogP contribution in [0.2, 0.25) is 0 Å². The number of aliphatic hydroxyl groups is 5. The zero-order valence-electron chi connectivity index (χ0n) is 24.9. The van der Waals surface area contributed by atoms with Crippen molar-refractivity contribution in [1.82, 2.24) is 21.3 Å². The van der Waals surface area contributed by atoms with Crippen molar-refractivity contribution >= 4 is 5.91 Å². The molecule has 43 heavy (non-hydrogen) atoms. The lowest BCUT2D eigenvalue weighted by atomic mass is 9.72. The fourth-order valence-corrected chi connectivity index (χ4v) is 6.58. The number of carbonyl (C=O) groups excluding carboxylic acids is 1. The summed E-state index contributed by atoms with van der Waals surface area (Å²) in [5.74, 6) is -0.798.